The highest BCUT2D eigenvalue weighted by molar-refractivity contribution is 5.84. The molecule has 0 aliphatic heterocycles. The zero-order valence-electron chi connectivity index (χ0n) is 9.07. The summed E-state index contributed by atoms with van der Waals surface area (Å²) in [5.74, 6) is 0.953. The number of aromatic nitrogens is 1. The van der Waals surface area contributed by atoms with Gasteiger partial charge in [0.25, 0.3) is 0 Å². The van der Waals surface area contributed by atoms with E-state index in [1.165, 1.54) is 0 Å². The third-order valence-electron chi connectivity index (χ3n) is 2.47. The van der Waals surface area contributed by atoms with E-state index in [4.69, 9.17) is 5.73 Å². The molecule has 3 heteroatoms. The van der Waals surface area contributed by atoms with Gasteiger partial charge in [0.05, 0.1) is 5.52 Å². The van der Waals surface area contributed by atoms with Crippen molar-refractivity contribution in [2.75, 3.05) is 19.0 Å². The van der Waals surface area contributed by atoms with E-state index >= 15 is 0 Å². The van der Waals surface area contributed by atoms with Crippen LogP contribution in [0.1, 0.15) is 5.56 Å². The molecule has 2 N–H and O–H groups in total. The molecule has 2 rings (SSSR count). The minimum Gasteiger partial charge on any atom is -0.363 e. The lowest BCUT2D eigenvalue weighted by molar-refractivity contribution is 1.04. The zero-order chi connectivity index (χ0) is 10.8. The van der Waals surface area contributed by atoms with Crippen LogP contribution in [0.2, 0.25) is 0 Å². The maximum Gasteiger partial charge on any atom is 0.129 e. The van der Waals surface area contributed by atoms with E-state index in [0.29, 0.717) is 6.54 Å². The highest BCUT2D eigenvalue weighted by atomic mass is 15.1. The second-order valence-electron chi connectivity index (χ2n) is 3.76. The third-order valence-corrected chi connectivity index (χ3v) is 2.47. The van der Waals surface area contributed by atoms with Crippen LogP contribution in [-0.2, 0) is 6.54 Å². The Morgan fingerprint density at radius 3 is 2.67 bits per heavy atom. The average Bonchev–Trinajstić information content (AvgIpc) is 2.27. The molecule has 0 amide bonds. The molecule has 0 saturated carbocycles. The van der Waals surface area contributed by atoms with Crippen LogP contribution in [0.5, 0.6) is 0 Å². The van der Waals surface area contributed by atoms with Crippen molar-refractivity contribution in [1.82, 2.24) is 4.98 Å². The fraction of sp³-hybridized carbons (Fsp3) is 0.250. The van der Waals surface area contributed by atoms with Gasteiger partial charge in [-0.3, -0.25) is 0 Å². The van der Waals surface area contributed by atoms with Gasteiger partial charge in [0.15, 0.2) is 0 Å². The molecular formula is C12H15N3. The van der Waals surface area contributed by atoms with Gasteiger partial charge in [-0.2, -0.15) is 0 Å². The number of para-hydroxylation sites is 1. The summed E-state index contributed by atoms with van der Waals surface area (Å²) in [5.41, 5.74) is 7.89. The molecule has 0 aliphatic carbocycles. The van der Waals surface area contributed by atoms with Crippen LogP contribution in [0.4, 0.5) is 5.82 Å². The largest absolute Gasteiger partial charge is 0.363 e. The summed E-state index contributed by atoms with van der Waals surface area (Å²) in [7, 11) is 3.97. The fourth-order valence-corrected chi connectivity index (χ4v) is 1.63. The Bertz CT molecular complexity index is 477. The number of benzene rings is 1. The predicted octanol–water partition coefficient (Wildman–Crippen LogP) is 1.76. The van der Waals surface area contributed by atoms with Crippen molar-refractivity contribution < 1.29 is 0 Å². The molecule has 0 aliphatic rings. The molecule has 1 heterocycles. The fourth-order valence-electron chi connectivity index (χ4n) is 1.63. The van der Waals surface area contributed by atoms with Gasteiger partial charge in [0.2, 0.25) is 0 Å². The molecule has 0 saturated heterocycles. The molecule has 1 aromatic heterocycles. The number of pyridine rings is 1. The van der Waals surface area contributed by atoms with Crippen LogP contribution in [-0.4, -0.2) is 19.1 Å². The summed E-state index contributed by atoms with van der Waals surface area (Å²) in [4.78, 5) is 6.55. The van der Waals surface area contributed by atoms with Gasteiger partial charge < -0.3 is 10.6 Å². The van der Waals surface area contributed by atoms with Crippen LogP contribution in [0.3, 0.4) is 0 Å². The molecule has 1 aromatic carbocycles. The number of anilines is 1. The maximum atomic E-state index is 5.74. The molecule has 0 radical (unpaired) electrons. The Kier molecular flexibility index (Phi) is 2.56. The first-order valence-corrected chi connectivity index (χ1v) is 4.98. The molecular weight excluding hydrogens is 186 g/mol. The monoisotopic (exact) mass is 201 g/mol. The van der Waals surface area contributed by atoms with Gasteiger partial charge in [-0.15, -0.1) is 0 Å². The lowest BCUT2D eigenvalue weighted by Gasteiger charge is -2.14. The van der Waals surface area contributed by atoms with E-state index in [1.54, 1.807) is 0 Å². The highest BCUT2D eigenvalue weighted by Crippen LogP contribution is 2.21. The third kappa shape index (κ3) is 1.78. The van der Waals surface area contributed by atoms with Gasteiger partial charge in [-0.05, 0) is 17.7 Å². The van der Waals surface area contributed by atoms with Gasteiger partial charge in [-0.1, -0.05) is 18.2 Å². The summed E-state index contributed by atoms with van der Waals surface area (Å²) in [6.45, 7) is 0.546. The second-order valence-corrected chi connectivity index (χ2v) is 3.76. The summed E-state index contributed by atoms with van der Waals surface area (Å²) in [5, 5.41) is 1.14. The first kappa shape index (κ1) is 9.93. The molecule has 78 valence electrons. The first-order valence-electron chi connectivity index (χ1n) is 4.98. The molecule has 3 nitrogen and oxygen atoms in total. The van der Waals surface area contributed by atoms with Crippen LogP contribution in [0.25, 0.3) is 10.9 Å². The minimum atomic E-state index is 0.546. The Hall–Kier alpha value is -1.61. The summed E-state index contributed by atoms with van der Waals surface area (Å²) in [6.07, 6.45) is 0. The molecule has 2 aromatic rings. The van der Waals surface area contributed by atoms with Crippen LogP contribution in [0, 0.1) is 0 Å². The number of rotatable bonds is 2. The van der Waals surface area contributed by atoms with Crippen molar-refractivity contribution in [3.05, 3.63) is 35.9 Å². The van der Waals surface area contributed by atoms with Crippen LogP contribution >= 0.6 is 0 Å². The van der Waals surface area contributed by atoms with Crippen molar-refractivity contribution in [2.45, 2.75) is 6.54 Å². The SMILES string of the molecule is CN(C)c1cc(CN)c2ccccc2n1. The quantitative estimate of drug-likeness (QED) is 0.805. The standard InChI is InChI=1S/C12H15N3/c1-15(2)12-7-9(8-13)10-5-3-4-6-11(10)14-12/h3-7H,8,13H2,1-2H3. The average molecular weight is 201 g/mol. The maximum absolute atomic E-state index is 5.74. The molecule has 0 fully saturated rings. The number of hydrogen-bond acceptors (Lipinski definition) is 3. The lowest BCUT2D eigenvalue weighted by Crippen LogP contribution is -2.12. The van der Waals surface area contributed by atoms with Crippen molar-refractivity contribution in [1.29, 1.82) is 0 Å². The molecule has 0 spiro atoms. The van der Waals surface area contributed by atoms with Crippen molar-refractivity contribution in [3.8, 4) is 0 Å². The number of nitrogens with zero attached hydrogens (tertiary/aromatic N) is 2. The molecule has 0 bridgehead atoms. The smallest absolute Gasteiger partial charge is 0.129 e. The Morgan fingerprint density at radius 2 is 2.00 bits per heavy atom. The molecule has 15 heavy (non-hydrogen) atoms. The Labute approximate surface area is 89.5 Å². The van der Waals surface area contributed by atoms with Crippen molar-refractivity contribution in [3.63, 3.8) is 0 Å². The van der Waals surface area contributed by atoms with Gasteiger partial charge in [0, 0.05) is 26.0 Å². The summed E-state index contributed by atoms with van der Waals surface area (Å²) >= 11 is 0. The van der Waals surface area contributed by atoms with Crippen molar-refractivity contribution >= 4 is 16.7 Å². The van der Waals surface area contributed by atoms with E-state index in [-0.39, 0.29) is 0 Å². The van der Waals surface area contributed by atoms with Crippen LogP contribution < -0.4 is 10.6 Å². The number of nitrogens with two attached hydrogens (primary N) is 1. The number of fused-ring (bicyclic) bond motifs is 1. The van der Waals surface area contributed by atoms with Crippen LogP contribution in [0.15, 0.2) is 30.3 Å². The summed E-state index contributed by atoms with van der Waals surface area (Å²) in [6, 6.07) is 10.1. The normalized spacial score (nSPS) is 10.6. The van der Waals surface area contributed by atoms with E-state index in [2.05, 4.69) is 11.1 Å². The predicted molar refractivity (Wildman–Crippen MR) is 64.0 cm³/mol. The van der Waals surface area contributed by atoms with Crippen molar-refractivity contribution in [2.24, 2.45) is 5.73 Å². The molecule has 0 unspecified atom stereocenters. The van der Waals surface area contributed by atoms with Gasteiger partial charge >= 0.3 is 0 Å². The Morgan fingerprint density at radius 1 is 1.27 bits per heavy atom. The first-order chi connectivity index (χ1) is 7.22. The van der Waals surface area contributed by atoms with E-state index in [9.17, 15) is 0 Å². The van der Waals surface area contributed by atoms with Gasteiger partial charge in [0.1, 0.15) is 5.82 Å². The van der Waals surface area contributed by atoms with E-state index in [1.807, 2.05) is 43.3 Å². The van der Waals surface area contributed by atoms with Gasteiger partial charge in [-0.25, -0.2) is 4.98 Å². The molecule has 0 atom stereocenters. The minimum absolute atomic E-state index is 0.546. The second kappa shape index (κ2) is 3.87. The lowest BCUT2D eigenvalue weighted by atomic mass is 10.1. The van der Waals surface area contributed by atoms with E-state index in [0.717, 1.165) is 22.3 Å². The highest BCUT2D eigenvalue weighted by Gasteiger charge is 2.04. The topological polar surface area (TPSA) is 42.1 Å². The zero-order valence-corrected chi connectivity index (χ0v) is 9.07. The Balaban J connectivity index is 2.71. The number of hydrogen-bond donors (Lipinski definition) is 1. The summed E-state index contributed by atoms with van der Waals surface area (Å²) < 4.78 is 0. The van der Waals surface area contributed by atoms with E-state index < -0.39 is 0 Å².